The fraction of sp³-hybridized carbons (Fsp3) is 0.438. The van der Waals surface area contributed by atoms with Crippen LogP contribution in [0.25, 0.3) is 0 Å². The maximum atomic E-state index is 12.0. The molecular formula is C16H20Cl2N2O5. The van der Waals surface area contributed by atoms with E-state index in [2.05, 4.69) is 10.6 Å². The third-order valence-electron chi connectivity index (χ3n) is 2.79. The summed E-state index contributed by atoms with van der Waals surface area (Å²) in [7, 11) is 0. The van der Waals surface area contributed by atoms with E-state index in [1.807, 2.05) is 0 Å². The summed E-state index contributed by atoms with van der Waals surface area (Å²) < 4.78 is 5.01. The van der Waals surface area contributed by atoms with Crippen molar-refractivity contribution < 1.29 is 24.2 Å². The van der Waals surface area contributed by atoms with Gasteiger partial charge < -0.3 is 20.5 Å². The summed E-state index contributed by atoms with van der Waals surface area (Å²) >= 11 is 11.8. The molecule has 1 aromatic carbocycles. The maximum Gasteiger partial charge on any atom is 0.408 e. The summed E-state index contributed by atoms with van der Waals surface area (Å²) in [6.45, 7) is 4.72. The van der Waals surface area contributed by atoms with E-state index in [0.29, 0.717) is 15.6 Å². The van der Waals surface area contributed by atoms with E-state index in [9.17, 15) is 14.4 Å². The second-order valence-electron chi connectivity index (χ2n) is 6.28. The Morgan fingerprint density at radius 2 is 1.72 bits per heavy atom. The minimum Gasteiger partial charge on any atom is -0.481 e. The quantitative estimate of drug-likeness (QED) is 0.691. The first-order chi connectivity index (χ1) is 11.5. The number of benzene rings is 1. The zero-order valence-electron chi connectivity index (χ0n) is 14.1. The Morgan fingerprint density at radius 1 is 1.16 bits per heavy atom. The van der Waals surface area contributed by atoms with Gasteiger partial charge in [-0.1, -0.05) is 23.2 Å². The Morgan fingerprint density at radius 3 is 2.20 bits per heavy atom. The molecule has 138 valence electrons. The molecule has 0 aliphatic carbocycles. The lowest BCUT2D eigenvalue weighted by Gasteiger charge is -2.21. The van der Waals surface area contributed by atoms with Crippen LogP contribution in [0.2, 0.25) is 10.0 Å². The smallest absolute Gasteiger partial charge is 0.408 e. The highest BCUT2D eigenvalue weighted by atomic mass is 35.5. The summed E-state index contributed by atoms with van der Waals surface area (Å²) in [5, 5.41) is 14.5. The average molecular weight is 391 g/mol. The number of amides is 2. The van der Waals surface area contributed by atoms with Crippen LogP contribution in [0.15, 0.2) is 18.2 Å². The van der Waals surface area contributed by atoms with Crippen LogP contribution in [0.3, 0.4) is 0 Å². The van der Waals surface area contributed by atoms with Crippen LogP contribution in [0.1, 0.15) is 38.8 Å². The van der Waals surface area contributed by atoms with E-state index in [-0.39, 0.29) is 13.0 Å². The zero-order chi connectivity index (χ0) is 19.2. The summed E-state index contributed by atoms with van der Waals surface area (Å²) in [4.78, 5) is 34.6. The Balaban J connectivity index is 2.73. The van der Waals surface area contributed by atoms with Gasteiger partial charge in [-0.3, -0.25) is 9.59 Å². The topological polar surface area (TPSA) is 105 Å². The molecule has 0 saturated carbocycles. The predicted octanol–water partition coefficient (Wildman–Crippen LogP) is 3.15. The first kappa shape index (κ1) is 21.1. The van der Waals surface area contributed by atoms with Gasteiger partial charge in [0, 0.05) is 10.0 Å². The predicted molar refractivity (Wildman–Crippen MR) is 93.8 cm³/mol. The van der Waals surface area contributed by atoms with Gasteiger partial charge in [-0.25, -0.2) is 4.79 Å². The van der Waals surface area contributed by atoms with E-state index in [4.69, 9.17) is 33.0 Å². The number of ether oxygens (including phenoxy) is 1. The molecule has 0 aliphatic heterocycles. The number of hydrogen-bond donors (Lipinski definition) is 3. The van der Waals surface area contributed by atoms with Gasteiger partial charge in [0.1, 0.15) is 12.1 Å². The largest absolute Gasteiger partial charge is 0.481 e. The summed E-state index contributed by atoms with van der Waals surface area (Å²) in [6.07, 6.45) is -1.11. The van der Waals surface area contributed by atoms with Gasteiger partial charge in [-0.15, -0.1) is 0 Å². The van der Waals surface area contributed by atoms with Gasteiger partial charge in [-0.05, 0) is 44.5 Å². The molecule has 9 heteroatoms. The number of carboxylic acid groups (broad SMARTS) is 1. The number of aliphatic carboxylic acids is 1. The van der Waals surface area contributed by atoms with Gasteiger partial charge in [0.25, 0.3) is 0 Å². The van der Waals surface area contributed by atoms with Crippen molar-refractivity contribution in [3.63, 3.8) is 0 Å². The first-order valence-corrected chi connectivity index (χ1v) is 8.16. The van der Waals surface area contributed by atoms with Crippen molar-refractivity contribution in [2.75, 3.05) is 6.54 Å². The fourth-order valence-corrected chi connectivity index (χ4v) is 2.46. The molecule has 1 unspecified atom stereocenters. The second-order valence-corrected chi connectivity index (χ2v) is 7.15. The van der Waals surface area contributed by atoms with Gasteiger partial charge >= 0.3 is 12.1 Å². The Hall–Kier alpha value is -1.99. The lowest BCUT2D eigenvalue weighted by atomic mass is 10.0. The van der Waals surface area contributed by atoms with Gasteiger partial charge in [-0.2, -0.15) is 0 Å². The van der Waals surface area contributed by atoms with E-state index in [0.717, 1.165) is 0 Å². The fourth-order valence-electron chi connectivity index (χ4n) is 1.92. The molecule has 0 aliphatic rings. The van der Waals surface area contributed by atoms with E-state index < -0.39 is 29.6 Å². The molecule has 2 amide bonds. The number of alkyl carbamates (subject to hydrolysis) is 1. The molecule has 1 rings (SSSR count). The molecule has 1 atom stereocenters. The van der Waals surface area contributed by atoms with Crippen molar-refractivity contribution in [1.29, 1.82) is 0 Å². The normalized spacial score (nSPS) is 12.2. The molecule has 3 N–H and O–H groups in total. The number of carbonyl (C=O) groups excluding carboxylic acids is 2. The lowest BCUT2D eigenvalue weighted by Crippen LogP contribution is -2.41. The maximum absolute atomic E-state index is 12.0. The first-order valence-electron chi connectivity index (χ1n) is 7.40. The van der Waals surface area contributed by atoms with Crippen molar-refractivity contribution in [2.24, 2.45) is 0 Å². The number of hydrogen-bond acceptors (Lipinski definition) is 4. The molecule has 0 bridgehead atoms. The van der Waals surface area contributed by atoms with Crippen molar-refractivity contribution in [1.82, 2.24) is 10.6 Å². The molecule has 0 saturated heterocycles. The van der Waals surface area contributed by atoms with Crippen LogP contribution in [0, 0.1) is 0 Å². The highest BCUT2D eigenvalue weighted by molar-refractivity contribution is 6.34. The Kier molecular flexibility index (Phi) is 7.51. The van der Waals surface area contributed by atoms with Gasteiger partial charge in [0.05, 0.1) is 12.5 Å². The second kappa shape index (κ2) is 8.92. The molecule has 0 aromatic heterocycles. The van der Waals surface area contributed by atoms with Crippen molar-refractivity contribution in [2.45, 2.75) is 38.8 Å². The monoisotopic (exact) mass is 390 g/mol. The van der Waals surface area contributed by atoms with Crippen molar-refractivity contribution >= 4 is 41.2 Å². The van der Waals surface area contributed by atoms with Crippen LogP contribution in [-0.4, -0.2) is 35.2 Å². The van der Waals surface area contributed by atoms with Crippen LogP contribution >= 0.6 is 23.2 Å². The molecule has 1 aromatic rings. The number of carboxylic acids is 1. The zero-order valence-corrected chi connectivity index (χ0v) is 15.6. The molecule has 7 nitrogen and oxygen atoms in total. The number of halogens is 2. The standard InChI is InChI=1S/C16H20Cl2N2O5/c1-16(2,3)25-15(24)19-8-13(21)20-12(7-14(22)23)9-4-10(17)6-11(18)5-9/h4-6,12H,7-8H2,1-3H3,(H,19,24)(H,20,21)(H,22,23). The van der Waals surface area contributed by atoms with Gasteiger partial charge in [0.2, 0.25) is 5.91 Å². The lowest BCUT2D eigenvalue weighted by molar-refractivity contribution is -0.137. The average Bonchev–Trinajstić information content (AvgIpc) is 2.41. The van der Waals surface area contributed by atoms with E-state index in [1.54, 1.807) is 20.8 Å². The number of nitrogens with one attached hydrogen (secondary N) is 2. The van der Waals surface area contributed by atoms with Crippen LogP contribution in [0.4, 0.5) is 4.79 Å². The van der Waals surface area contributed by atoms with Crippen molar-refractivity contribution in [3.8, 4) is 0 Å². The highest BCUT2D eigenvalue weighted by Crippen LogP contribution is 2.25. The number of carbonyl (C=O) groups is 3. The van der Waals surface area contributed by atoms with E-state index >= 15 is 0 Å². The minimum atomic E-state index is -1.11. The summed E-state index contributed by atoms with van der Waals surface area (Å²) in [5.74, 6) is -1.69. The molecule has 25 heavy (non-hydrogen) atoms. The summed E-state index contributed by atoms with van der Waals surface area (Å²) in [6, 6.07) is 3.68. The molecule has 0 heterocycles. The third-order valence-corrected chi connectivity index (χ3v) is 3.23. The molecular weight excluding hydrogens is 371 g/mol. The number of rotatable bonds is 6. The molecule has 0 spiro atoms. The summed E-state index contributed by atoms with van der Waals surface area (Å²) in [5.41, 5.74) is -0.241. The Bertz CT molecular complexity index is 638. The SMILES string of the molecule is CC(C)(C)OC(=O)NCC(=O)NC(CC(=O)O)c1cc(Cl)cc(Cl)c1. The molecule has 0 fully saturated rings. The van der Waals surface area contributed by atoms with Crippen LogP contribution in [0.5, 0.6) is 0 Å². The minimum absolute atomic E-state index is 0.319. The van der Waals surface area contributed by atoms with E-state index in [1.165, 1.54) is 18.2 Å². The van der Waals surface area contributed by atoms with Crippen molar-refractivity contribution in [3.05, 3.63) is 33.8 Å². The van der Waals surface area contributed by atoms with Crippen LogP contribution < -0.4 is 10.6 Å². The van der Waals surface area contributed by atoms with Crippen LogP contribution in [-0.2, 0) is 14.3 Å². The Labute approximate surface area is 155 Å². The highest BCUT2D eigenvalue weighted by Gasteiger charge is 2.21. The third kappa shape index (κ3) is 8.60. The molecule has 0 radical (unpaired) electrons. The van der Waals surface area contributed by atoms with Gasteiger partial charge in [0.15, 0.2) is 0 Å².